The van der Waals surface area contributed by atoms with E-state index in [1.54, 1.807) is 0 Å². The average Bonchev–Trinajstić information content (AvgIpc) is 3.05. The van der Waals surface area contributed by atoms with Crippen molar-refractivity contribution < 1.29 is 4.74 Å². The summed E-state index contributed by atoms with van der Waals surface area (Å²) in [6, 6.07) is 10.8. The minimum Gasteiger partial charge on any atom is -0.374 e. The van der Waals surface area contributed by atoms with Gasteiger partial charge in [-0.1, -0.05) is 51.1 Å². The van der Waals surface area contributed by atoms with E-state index in [1.165, 1.54) is 18.4 Å². The monoisotopic (exact) mass is 232 g/mol. The molecule has 1 nitrogen and oxygen atoms in total. The Labute approximate surface area is 105 Å². The molecule has 1 saturated carbocycles. The predicted octanol–water partition coefficient (Wildman–Crippen LogP) is 4.39. The van der Waals surface area contributed by atoms with Crippen LogP contribution in [0.5, 0.6) is 0 Å². The number of benzene rings is 1. The lowest BCUT2D eigenvalue weighted by molar-refractivity contribution is 0.0195. The zero-order valence-electron chi connectivity index (χ0n) is 11.3. The summed E-state index contributed by atoms with van der Waals surface area (Å²) in [4.78, 5) is 0. The van der Waals surface area contributed by atoms with E-state index in [9.17, 15) is 0 Å². The molecule has 0 heterocycles. The quantitative estimate of drug-likeness (QED) is 0.707. The third-order valence-corrected chi connectivity index (χ3v) is 3.91. The van der Waals surface area contributed by atoms with Gasteiger partial charge < -0.3 is 4.74 Å². The maximum absolute atomic E-state index is 6.17. The first kappa shape index (κ1) is 12.6. The van der Waals surface area contributed by atoms with Gasteiger partial charge in [0, 0.05) is 12.5 Å². The molecular formula is C16H24O. The van der Waals surface area contributed by atoms with Crippen LogP contribution in [0.25, 0.3) is 0 Å². The lowest BCUT2D eigenvalue weighted by Crippen LogP contribution is -2.17. The van der Waals surface area contributed by atoms with Crippen LogP contribution in [0.15, 0.2) is 30.3 Å². The Bertz CT molecular complexity index is 344. The van der Waals surface area contributed by atoms with Crippen molar-refractivity contribution in [3.63, 3.8) is 0 Å². The van der Waals surface area contributed by atoms with E-state index >= 15 is 0 Å². The molecule has 17 heavy (non-hydrogen) atoms. The fraction of sp³-hybridized carbons (Fsp3) is 0.625. The molecule has 0 spiro atoms. The normalized spacial score (nSPS) is 27.4. The van der Waals surface area contributed by atoms with Crippen LogP contribution >= 0.6 is 0 Å². The van der Waals surface area contributed by atoms with Crippen LogP contribution in [0.4, 0.5) is 0 Å². The molecule has 0 aliphatic heterocycles. The standard InChI is InChI=1S/C16H24O/c1-4-16(17-11-10-13(2)3)12-15(16)14-8-6-5-7-9-14/h5-9,13,15H,4,10-12H2,1-3H3/t15-,16+/m1/s1. The van der Waals surface area contributed by atoms with Gasteiger partial charge in [0.15, 0.2) is 0 Å². The summed E-state index contributed by atoms with van der Waals surface area (Å²) < 4.78 is 6.17. The number of ether oxygens (including phenoxy) is 1. The summed E-state index contributed by atoms with van der Waals surface area (Å²) in [7, 11) is 0. The van der Waals surface area contributed by atoms with Gasteiger partial charge in [-0.2, -0.15) is 0 Å². The summed E-state index contributed by atoms with van der Waals surface area (Å²) in [5, 5.41) is 0. The van der Waals surface area contributed by atoms with Crippen molar-refractivity contribution in [1.82, 2.24) is 0 Å². The molecule has 1 heteroatoms. The fourth-order valence-corrected chi connectivity index (χ4v) is 2.54. The Hall–Kier alpha value is -0.820. The molecule has 1 aromatic carbocycles. The van der Waals surface area contributed by atoms with Crippen molar-refractivity contribution in [3.05, 3.63) is 35.9 Å². The van der Waals surface area contributed by atoms with Crippen LogP contribution in [0.1, 0.15) is 51.5 Å². The highest BCUT2D eigenvalue weighted by atomic mass is 16.5. The Morgan fingerprint density at radius 3 is 2.59 bits per heavy atom. The maximum atomic E-state index is 6.17. The van der Waals surface area contributed by atoms with E-state index in [0.717, 1.165) is 18.9 Å². The fourth-order valence-electron chi connectivity index (χ4n) is 2.54. The molecule has 2 rings (SSSR count). The van der Waals surface area contributed by atoms with Crippen LogP contribution in [-0.4, -0.2) is 12.2 Å². The van der Waals surface area contributed by atoms with E-state index < -0.39 is 0 Å². The van der Waals surface area contributed by atoms with E-state index in [2.05, 4.69) is 51.1 Å². The molecule has 0 amide bonds. The molecule has 0 N–H and O–H groups in total. The zero-order valence-corrected chi connectivity index (χ0v) is 11.3. The molecular weight excluding hydrogens is 208 g/mol. The minimum absolute atomic E-state index is 0.149. The Morgan fingerprint density at radius 1 is 1.29 bits per heavy atom. The summed E-state index contributed by atoms with van der Waals surface area (Å²) in [5.74, 6) is 1.36. The molecule has 1 aliphatic carbocycles. The first-order valence-electron chi connectivity index (χ1n) is 6.87. The Balaban J connectivity index is 1.91. The Kier molecular flexibility index (Phi) is 3.88. The van der Waals surface area contributed by atoms with E-state index in [4.69, 9.17) is 4.74 Å². The third-order valence-electron chi connectivity index (χ3n) is 3.91. The van der Waals surface area contributed by atoms with E-state index in [0.29, 0.717) is 5.92 Å². The van der Waals surface area contributed by atoms with Crippen molar-refractivity contribution in [2.45, 2.75) is 51.6 Å². The third kappa shape index (κ3) is 2.90. The first-order valence-corrected chi connectivity index (χ1v) is 6.87. The zero-order chi connectivity index (χ0) is 12.3. The van der Waals surface area contributed by atoms with Crippen LogP contribution in [0.3, 0.4) is 0 Å². The average molecular weight is 232 g/mol. The lowest BCUT2D eigenvalue weighted by atomic mass is 10.1. The van der Waals surface area contributed by atoms with Gasteiger partial charge in [-0.05, 0) is 30.7 Å². The van der Waals surface area contributed by atoms with E-state index in [1.807, 2.05) is 0 Å². The maximum Gasteiger partial charge on any atom is 0.0756 e. The number of rotatable bonds is 6. The van der Waals surface area contributed by atoms with Crippen molar-refractivity contribution in [2.75, 3.05) is 6.61 Å². The summed E-state index contributed by atoms with van der Waals surface area (Å²) in [6.07, 6.45) is 3.50. The summed E-state index contributed by atoms with van der Waals surface area (Å²) in [5.41, 5.74) is 1.59. The molecule has 2 atom stereocenters. The van der Waals surface area contributed by atoms with Crippen LogP contribution in [0, 0.1) is 5.92 Å². The van der Waals surface area contributed by atoms with Gasteiger partial charge in [-0.25, -0.2) is 0 Å². The second-order valence-electron chi connectivity index (χ2n) is 5.62. The van der Waals surface area contributed by atoms with Crippen LogP contribution < -0.4 is 0 Å². The van der Waals surface area contributed by atoms with Gasteiger partial charge >= 0.3 is 0 Å². The highest BCUT2D eigenvalue weighted by Crippen LogP contribution is 2.56. The molecule has 0 bridgehead atoms. The van der Waals surface area contributed by atoms with Gasteiger partial charge in [-0.15, -0.1) is 0 Å². The van der Waals surface area contributed by atoms with Crippen LogP contribution in [0.2, 0.25) is 0 Å². The molecule has 1 aromatic rings. The van der Waals surface area contributed by atoms with Gasteiger partial charge in [0.25, 0.3) is 0 Å². The van der Waals surface area contributed by atoms with Gasteiger partial charge in [0.2, 0.25) is 0 Å². The minimum atomic E-state index is 0.149. The highest BCUT2D eigenvalue weighted by Gasteiger charge is 2.54. The first-order chi connectivity index (χ1) is 8.18. The smallest absolute Gasteiger partial charge is 0.0756 e. The molecule has 94 valence electrons. The number of hydrogen-bond acceptors (Lipinski definition) is 1. The molecule has 0 aromatic heterocycles. The highest BCUT2D eigenvalue weighted by molar-refractivity contribution is 5.31. The van der Waals surface area contributed by atoms with Crippen molar-refractivity contribution in [2.24, 2.45) is 5.92 Å². The lowest BCUT2D eigenvalue weighted by Gasteiger charge is -2.17. The van der Waals surface area contributed by atoms with Crippen molar-refractivity contribution in [1.29, 1.82) is 0 Å². The topological polar surface area (TPSA) is 9.23 Å². The second kappa shape index (κ2) is 5.22. The van der Waals surface area contributed by atoms with Gasteiger partial charge in [0.05, 0.1) is 5.60 Å². The summed E-state index contributed by atoms with van der Waals surface area (Å²) >= 11 is 0. The van der Waals surface area contributed by atoms with Crippen LogP contribution in [-0.2, 0) is 4.74 Å². The van der Waals surface area contributed by atoms with Crippen molar-refractivity contribution >= 4 is 0 Å². The predicted molar refractivity (Wildman–Crippen MR) is 72.2 cm³/mol. The molecule has 0 unspecified atom stereocenters. The SMILES string of the molecule is CC[C@]1(OCCC(C)C)C[C@@H]1c1ccccc1. The largest absolute Gasteiger partial charge is 0.374 e. The second-order valence-corrected chi connectivity index (χ2v) is 5.62. The van der Waals surface area contributed by atoms with Gasteiger partial charge in [0.1, 0.15) is 0 Å². The molecule has 1 aliphatic rings. The van der Waals surface area contributed by atoms with E-state index in [-0.39, 0.29) is 5.60 Å². The Morgan fingerprint density at radius 2 is 2.00 bits per heavy atom. The molecule has 1 fully saturated rings. The molecule has 0 saturated heterocycles. The molecule has 0 radical (unpaired) electrons. The number of hydrogen-bond donors (Lipinski definition) is 0. The van der Waals surface area contributed by atoms with Gasteiger partial charge in [-0.3, -0.25) is 0 Å². The summed E-state index contributed by atoms with van der Waals surface area (Å²) in [6.45, 7) is 7.67. The van der Waals surface area contributed by atoms with Crippen molar-refractivity contribution in [3.8, 4) is 0 Å².